The van der Waals surface area contributed by atoms with Gasteiger partial charge < -0.3 is 9.47 Å². The molecule has 0 radical (unpaired) electrons. The standard InChI is InChI=1S/C18H26O2/c1-14-10-15(2)12-17(11-14)19-13-16-6-9-18(20-16)7-4-3-5-8-18/h10-12,16H,3-9,13H2,1-2H3. The van der Waals surface area contributed by atoms with Crippen LogP contribution in [0.2, 0.25) is 0 Å². The second-order valence-corrected chi connectivity index (χ2v) is 6.66. The van der Waals surface area contributed by atoms with E-state index in [-0.39, 0.29) is 11.7 Å². The zero-order valence-corrected chi connectivity index (χ0v) is 12.8. The van der Waals surface area contributed by atoms with Gasteiger partial charge in [0.25, 0.3) is 0 Å². The number of ether oxygens (including phenoxy) is 2. The Morgan fingerprint density at radius 3 is 2.45 bits per heavy atom. The van der Waals surface area contributed by atoms with E-state index in [1.807, 2.05) is 0 Å². The van der Waals surface area contributed by atoms with Crippen LogP contribution in [0.3, 0.4) is 0 Å². The van der Waals surface area contributed by atoms with Crippen LogP contribution in [0.5, 0.6) is 5.75 Å². The average Bonchev–Trinajstić information content (AvgIpc) is 2.79. The van der Waals surface area contributed by atoms with E-state index in [1.54, 1.807) is 0 Å². The molecule has 2 fully saturated rings. The summed E-state index contributed by atoms with van der Waals surface area (Å²) in [6.07, 6.45) is 9.25. The van der Waals surface area contributed by atoms with Crippen LogP contribution in [0.4, 0.5) is 0 Å². The summed E-state index contributed by atoms with van der Waals surface area (Å²) >= 11 is 0. The van der Waals surface area contributed by atoms with Crippen LogP contribution in [-0.4, -0.2) is 18.3 Å². The van der Waals surface area contributed by atoms with Crippen molar-refractivity contribution >= 4 is 0 Å². The summed E-state index contributed by atoms with van der Waals surface area (Å²) < 4.78 is 12.3. The molecule has 2 aliphatic rings. The Balaban J connectivity index is 1.54. The van der Waals surface area contributed by atoms with Crippen LogP contribution >= 0.6 is 0 Å². The van der Waals surface area contributed by atoms with Crippen molar-refractivity contribution in [3.63, 3.8) is 0 Å². The van der Waals surface area contributed by atoms with Gasteiger partial charge in [-0.1, -0.05) is 25.3 Å². The Kier molecular flexibility index (Phi) is 4.02. The minimum absolute atomic E-state index is 0.203. The maximum atomic E-state index is 6.35. The molecule has 20 heavy (non-hydrogen) atoms. The van der Waals surface area contributed by atoms with E-state index in [0.29, 0.717) is 6.61 Å². The van der Waals surface area contributed by atoms with E-state index < -0.39 is 0 Å². The van der Waals surface area contributed by atoms with Crippen LogP contribution in [0, 0.1) is 13.8 Å². The molecule has 1 heterocycles. The number of hydrogen-bond donors (Lipinski definition) is 0. The molecule has 2 nitrogen and oxygen atoms in total. The normalized spacial score (nSPS) is 25.0. The van der Waals surface area contributed by atoms with E-state index in [1.165, 1.54) is 49.7 Å². The lowest BCUT2D eigenvalue weighted by molar-refractivity contribution is -0.0748. The molecular formula is C18H26O2. The van der Waals surface area contributed by atoms with E-state index >= 15 is 0 Å². The zero-order valence-electron chi connectivity index (χ0n) is 12.8. The Labute approximate surface area is 122 Å². The molecule has 1 saturated heterocycles. The van der Waals surface area contributed by atoms with Gasteiger partial charge in [0.15, 0.2) is 0 Å². The largest absolute Gasteiger partial charge is 0.491 e. The van der Waals surface area contributed by atoms with Crippen molar-refractivity contribution in [2.75, 3.05) is 6.61 Å². The summed E-state index contributed by atoms with van der Waals surface area (Å²) in [5, 5.41) is 0. The monoisotopic (exact) mass is 274 g/mol. The molecule has 1 saturated carbocycles. The van der Waals surface area contributed by atoms with Crippen molar-refractivity contribution in [1.29, 1.82) is 0 Å². The molecule has 0 bridgehead atoms. The first kappa shape index (κ1) is 13.9. The summed E-state index contributed by atoms with van der Waals surface area (Å²) in [6, 6.07) is 6.40. The molecule has 2 heteroatoms. The molecule has 110 valence electrons. The van der Waals surface area contributed by atoms with Crippen LogP contribution in [0.15, 0.2) is 18.2 Å². The summed E-state index contributed by atoms with van der Waals surface area (Å²) in [6.45, 7) is 4.93. The first-order valence-corrected chi connectivity index (χ1v) is 8.04. The SMILES string of the molecule is Cc1cc(C)cc(OCC2CCC3(CCCCC3)O2)c1. The van der Waals surface area contributed by atoms with Gasteiger partial charge in [0.05, 0.1) is 11.7 Å². The molecule has 1 aliphatic carbocycles. The highest BCUT2D eigenvalue weighted by atomic mass is 16.6. The lowest BCUT2D eigenvalue weighted by atomic mass is 9.83. The second-order valence-electron chi connectivity index (χ2n) is 6.66. The average molecular weight is 274 g/mol. The van der Waals surface area contributed by atoms with Crippen LogP contribution in [0.25, 0.3) is 0 Å². The summed E-state index contributed by atoms with van der Waals surface area (Å²) in [4.78, 5) is 0. The van der Waals surface area contributed by atoms with Crippen molar-refractivity contribution in [3.8, 4) is 5.75 Å². The molecular weight excluding hydrogens is 248 g/mol. The third-order valence-electron chi connectivity index (χ3n) is 4.73. The maximum absolute atomic E-state index is 6.35. The highest BCUT2D eigenvalue weighted by molar-refractivity contribution is 5.33. The van der Waals surface area contributed by atoms with E-state index in [0.717, 1.165) is 12.2 Å². The molecule has 1 unspecified atom stereocenters. The number of aryl methyl sites for hydroxylation is 2. The van der Waals surface area contributed by atoms with Gasteiger partial charge in [-0.2, -0.15) is 0 Å². The Hall–Kier alpha value is -1.02. The minimum Gasteiger partial charge on any atom is -0.491 e. The van der Waals surface area contributed by atoms with E-state index in [4.69, 9.17) is 9.47 Å². The van der Waals surface area contributed by atoms with Crippen LogP contribution < -0.4 is 4.74 Å². The van der Waals surface area contributed by atoms with Crippen molar-refractivity contribution in [2.24, 2.45) is 0 Å². The van der Waals surface area contributed by atoms with Gasteiger partial charge in [0.1, 0.15) is 12.4 Å². The molecule has 1 atom stereocenters. The fraction of sp³-hybridized carbons (Fsp3) is 0.667. The zero-order chi connectivity index (χ0) is 14.0. The number of hydrogen-bond acceptors (Lipinski definition) is 2. The fourth-order valence-corrected chi connectivity index (χ4v) is 3.78. The molecule has 0 N–H and O–H groups in total. The molecule has 1 aromatic rings. The van der Waals surface area contributed by atoms with Crippen LogP contribution in [0.1, 0.15) is 56.1 Å². The molecule has 3 rings (SSSR count). The molecule has 1 aromatic carbocycles. The predicted molar refractivity (Wildman–Crippen MR) is 81.3 cm³/mol. The number of rotatable bonds is 3. The summed E-state index contributed by atoms with van der Waals surface area (Å²) in [5.74, 6) is 0.982. The topological polar surface area (TPSA) is 18.5 Å². The summed E-state index contributed by atoms with van der Waals surface area (Å²) in [5.41, 5.74) is 2.72. The van der Waals surface area contributed by atoms with Gasteiger partial charge in [0.2, 0.25) is 0 Å². The second kappa shape index (κ2) is 5.77. The van der Waals surface area contributed by atoms with Gasteiger partial charge in [0, 0.05) is 0 Å². The van der Waals surface area contributed by atoms with Gasteiger partial charge in [-0.25, -0.2) is 0 Å². The molecule has 0 aromatic heterocycles. The Morgan fingerprint density at radius 1 is 1.05 bits per heavy atom. The highest BCUT2D eigenvalue weighted by Gasteiger charge is 2.40. The van der Waals surface area contributed by atoms with Crippen molar-refractivity contribution in [2.45, 2.75) is 70.5 Å². The van der Waals surface area contributed by atoms with Crippen molar-refractivity contribution < 1.29 is 9.47 Å². The lowest BCUT2D eigenvalue weighted by Crippen LogP contribution is -2.32. The van der Waals surface area contributed by atoms with Crippen molar-refractivity contribution in [1.82, 2.24) is 0 Å². The molecule has 0 amide bonds. The van der Waals surface area contributed by atoms with Crippen LogP contribution in [-0.2, 0) is 4.74 Å². The van der Waals surface area contributed by atoms with E-state index in [9.17, 15) is 0 Å². The molecule has 1 aliphatic heterocycles. The molecule has 1 spiro atoms. The Morgan fingerprint density at radius 2 is 1.75 bits per heavy atom. The van der Waals surface area contributed by atoms with Gasteiger partial charge >= 0.3 is 0 Å². The lowest BCUT2D eigenvalue weighted by Gasteiger charge is -2.33. The van der Waals surface area contributed by atoms with Gasteiger partial charge in [-0.05, 0) is 62.8 Å². The maximum Gasteiger partial charge on any atom is 0.119 e. The summed E-state index contributed by atoms with van der Waals surface area (Å²) in [7, 11) is 0. The third-order valence-corrected chi connectivity index (χ3v) is 4.73. The highest BCUT2D eigenvalue weighted by Crippen LogP contribution is 2.41. The first-order chi connectivity index (χ1) is 9.65. The fourth-order valence-electron chi connectivity index (χ4n) is 3.78. The Bertz CT molecular complexity index is 440. The van der Waals surface area contributed by atoms with Gasteiger partial charge in [-0.15, -0.1) is 0 Å². The minimum atomic E-state index is 0.203. The predicted octanol–water partition coefficient (Wildman–Crippen LogP) is 4.56. The first-order valence-electron chi connectivity index (χ1n) is 8.04. The quantitative estimate of drug-likeness (QED) is 0.804. The van der Waals surface area contributed by atoms with Crippen molar-refractivity contribution in [3.05, 3.63) is 29.3 Å². The van der Waals surface area contributed by atoms with E-state index in [2.05, 4.69) is 32.0 Å². The number of benzene rings is 1. The third kappa shape index (κ3) is 3.17. The van der Waals surface area contributed by atoms with Gasteiger partial charge in [-0.3, -0.25) is 0 Å². The smallest absolute Gasteiger partial charge is 0.119 e.